The minimum atomic E-state index is -0.724. The number of carbonyl (C=O) groups is 3. The van der Waals surface area contributed by atoms with Crippen LogP contribution < -0.4 is 4.74 Å². The van der Waals surface area contributed by atoms with Crippen molar-refractivity contribution in [3.8, 4) is 5.75 Å². The number of hydrogen-bond donors (Lipinski definition) is 0. The van der Waals surface area contributed by atoms with Gasteiger partial charge in [0.1, 0.15) is 24.6 Å². The van der Waals surface area contributed by atoms with Crippen molar-refractivity contribution in [2.45, 2.75) is 39.4 Å². The van der Waals surface area contributed by atoms with E-state index in [0.717, 1.165) is 0 Å². The summed E-state index contributed by atoms with van der Waals surface area (Å²) in [6.45, 7) is 3.71. The van der Waals surface area contributed by atoms with Gasteiger partial charge in [-0.1, -0.05) is 12.1 Å². The van der Waals surface area contributed by atoms with Crippen molar-refractivity contribution in [3.63, 3.8) is 0 Å². The average Bonchev–Trinajstić information content (AvgIpc) is 2.51. The van der Waals surface area contributed by atoms with Gasteiger partial charge in [0.25, 0.3) is 0 Å². The molecule has 0 saturated heterocycles. The topological polar surface area (TPSA) is 88.1 Å². The zero-order valence-electron chi connectivity index (χ0n) is 14.2. The number of hydrogen-bond acceptors (Lipinski definition) is 7. The summed E-state index contributed by atoms with van der Waals surface area (Å²) in [5.41, 5.74) is 0.714. The molecule has 0 aliphatic carbocycles. The van der Waals surface area contributed by atoms with Crippen molar-refractivity contribution in [1.82, 2.24) is 0 Å². The molecule has 0 N–H and O–H groups in total. The molecule has 1 aromatic carbocycles. The minimum absolute atomic E-state index is 0.108. The molecule has 0 bridgehead atoms. The Kier molecular flexibility index (Phi) is 7.74. The van der Waals surface area contributed by atoms with Crippen LogP contribution in [0.4, 0.5) is 0 Å². The highest BCUT2D eigenvalue weighted by Gasteiger charge is 2.24. The van der Waals surface area contributed by atoms with Crippen LogP contribution in [0.5, 0.6) is 5.75 Å². The Morgan fingerprint density at radius 3 is 1.96 bits per heavy atom. The first kappa shape index (κ1) is 19.5. The molecule has 0 aliphatic heterocycles. The maximum atomic E-state index is 11.4. The highest BCUT2D eigenvalue weighted by Crippen LogP contribution is 2.26. The molecule has 0 radical (unpaired) electrons. The first-order chi connectivity index (χ1) is 11.3. The fourth-order valence-corrected chi connectivity index (χ4v) is 2.11. The molecule has 24 heavy (non-hydrogen) atoms. The molecule has 1 aromatic rings. The van der Waals surface area contributed by atoms with Crippen LogP contribution in [-0.2, 0) is 28.6 Å². The smallest absolute Gasteiger partial charge is 0.303 e. The van der Waals surface area contributed by atoms with Crippen molar-refractivity contribution < 1.29 is 33.3 Å². The maximum Gasteiger partial charge on any atom is 0.303 e. The third kappa shape index (κ3) is 7.13. The number of esters is 3. The lowest BCUT2D eigenvalue weighted by molar-refractivity contribution is -0.161. The number of ether oxygens (including phenoxy) is 4. The van der Waals surface area contributed by atoms with E-state index >= 15 is 0 Å². The van der Waals surface area contributed by atoms with Crippen molar-refractivity contribution in [1.29, 1.82) is 0 Å². The van der Waals surface area contributed by atoms with Gasteiger partial charge >= 0.3 is 17.9 Å². The summed E-state index contributed by atoms with van der Waals surface area (Å²) in [6, 6.07) is 6.98. The average molecular weight is 338 g/mol. The van der Waals surface area contributed by atoms with E-state index in [9.17, 15) is 14.4 Å². The first-order valence-electron chi connectivity index (χ1n) is 7.43. The van der Waals surface area contributed by atoms with Gasteiger partial charge in [-0.15, -0.1) is 0 Å². The molecular weight excluding hydrogens is 316 g/mol. The normalized spacial score (nSPS) is 12.7. The third-order valence-corrected chi connectivity index (χ3v) is 3.08. The van der Waals surface area contributed by atoms with E-state index < -0.39 is 30.1 Å². The van der Waals surface area contributed by atoms with Crippen LogP contribution >= 0.6 is 0 Å². The van der Waals surface area contributed by atoms with Gasteiger partial charge in [-0.2, -0.15) is 0 Å². The van der Waals surface area contributed by atoms with Gasteiger partial charge in [0.05, 0.1) is 7.11 Å². The van der Waals surface area contributed by atoms with E-state index in [2.05, 4.69) is 0 Å². The van der Waals surface area contributed by atoms with Gasteiger partial charge in [-0.05, 0) is 17.7 Å². The highest BCUT2D eigenvalue weighted by molar-refractivity contribution is 5.67. The second kappa shape index (κ2) is 9.54. The molecule has 0 spiro atoms. The number of benzene rings is 1. The summed E-state index contributed by atoms with van der Waals surface area (Å²) in [6.07, 6.45) is -1.20. The van der Waals surface area contributed by atoms with E-state index in [-0.39, 0.29) is 13.0 Å². The molecular formula is C17H22O7. The minimum Gasteiger partial charge on any atom is -0.497 e. The summed E-state index contributed by atoms with van der Waals surface area (Å²) < 4.78 is 20.5. The lowest BCUT2D eigenvalue weighted by Gasteiger charge is -2.23. The third-order valence-electron chi connectivity index (χ3n) is 3.08. The number of carbonyl (C=O) groups excluding carboxylic acids is 3. The largest absolute Gasteiger partial charge is 0.497 e. The molecule has 0 heterocycles. The second-order valence-corrected chi connectivity index (χ2v) is 5.14. The van der Waals surface area contributed by atoms with Crippen molar-refractivity contribution in [2.24, 2.45) is 0 Å². The van der Waals surface area contributed by atoms with Crippen LogP contribution in [0.3, 0.4) is 0 Å². The van der Waals surface area contributed by atoms with Gasteiger partial charge in [0.15, 0.2) is 0 Å². The summed E-state index contributed by atoms with van der Waals surface area (Å²) in [5, 5.41) is 0. The van der Waals surface area contributed by atoms with Crippen LogP contribution in [-0.4, -0.2) is 37.7 Å². The molecule has 0 fully saturated rings. The van der Waals surface area contributed by atoms with Gasteiger partial charge in [-0.3, -0.25) is 14.4 Å². The molecule has 1 rings (SSSR count). The summed E-state index contributed by atoms with van der Waals surface area (Å²) >= 11 is 0. The Labute approximate surface area is 140 Å². The van der Waals surface area contributed by atoms with Crippen LogP contribution in [0, 0.1) is 0 Å². The Morgan fingerprint density at radius 2 is 1.50 bits per heavy atom. The standard InChI is InChI=1S/C17H22O7/c1-11(18)22-10-16(23-12(2)19)9-17(24-13(3)20)14-5-7-15(21-4)8-6-14/h5-8,16-17H,9-10H2,1-4H3. The second-order valence-electron chi connectivity index (χ2n) is 5.14. The van der Waals surface area contributed by atoms with Crippen LogP contribution in [0.25, 0.3) is 0 Å². The van der Waals surface area contributed by atoms with Crippen molar-refractivity contribution in [3.05, 3.63) is 29.8 Å². The Bertz CT molecular complexity index is 565. The van der Waals surface area contributed by atoms with E-state index in [1.165, 1.54) is 20.8 Å². The van der Waals surface area contributed by atoms with E-state index in [1.807, 2.05) is 0 Å². The first-order valence-corrected chi connectivity index (χ1v) is 7.43. The van der Waals surface area contributed by atoms with Crippen molar-refractivity contribution >= 4 is 17.9 Å². The number of methoxy groups -OCH3 is 1. The van der Waals surface area contributed by atoms with E-state index in [0.29, 0.717) is 11.3 Å². The SMILES string of the molecule is COc1ccc(C(CC(COC(C)=O)OC(C)=O)OC(C)=O)cc1. The molecule has 0 aliphatic rings. The Morgan fingerprint density at radius 1 is 0.917 bits per heavy atom. The Balaban J connectivity index is 2.91. The van der Waals surface area contributed by atoms with E-state index in [1.54, 1.807) is 31.4 Å². The van der Waals surface area contributed by atoms with Crippen molar-refractivity contribution in [2.75, 3.05) is 13.7 Å². The van der Waals surface area contributed by atoms with Gasteiger partial charge in [0, 0.05) is 27.2 Å². The quantitative estimate of drug-likeness (QED) is 0.530. The molecule has 0 aromatic heterocycles. The van der Waals surface area contributed by atoms with Crippen LogP contribution in [0.1, 0.15) is 38.9 Å². The van der Waals surface area contributed by atoms with Crippen LogP contribution in [0.15, 0.2) is 24.3 Å². The van der Waals surface area contributed by atoms with E-state index in [4.69, 9.17) is 18.9 Å². The van der Waals surface area contributed by atoms with Gasteiger partial charge in [-0.25, -0.2) is 0 Å². The van der Waals surface area contributed by atoms with Gasteiger partial charge in [0.2, 0.25) is 0 Å². The monoisotopic (exact) mass is 338 g/mol. The number of rotatable bonds is 8. The lowest BCUT2D eigenvalue weighted by Crippen LogP contribution is -2.27. The molecule has 132 valence electrons. The molecule has 2 unspecified atom stereocenters. The molecule has 0 amide bonds. The zero-order valence-corrected chi connectivity index (χ0v) is 14.2. The lowest BCUT2D eigenvalue weighted by atomic mass is 10.0. The molecule has 7 nitrogen and oxygen atoms in total. The molecule has 7 heteroatoms. The Hall–Kier alpha value is -2.57. The van der Waals surface area contributed by atoms with Crippen LogP contribution in [0.2, 0.25) is 0 Å². The summed E-state index contributed by atoms with van der Waals surface area (Å²) in [4.78, 5) is 33.6. The zero-order chi connectivity index (χ0) is 18.1. The predicted octanol–water partition coefficient (Wildman–Crippen LogP) is 2.18. The maximum absolute atomic E-state index is 11.4. The fourth-order valence-electron chi connectivity index (χ4n) is 2.11. The summed E-state index contributed by atoms with van der Waals surface area (Å²) in [7, 11) is 1.55. The summed E-state index contributed by atoms with van der Waals surface area (Å²) in [5.74, 6) is -0.800. The molecule has 2 atom stereocenters. The molecule has 0 saturated carbocycles. The van der Waals surface area contributed by atoms with Gasteiger partial charge < -0.3 is 18.9 Å². The predicted molar refractivity (Wildman–Crippen MR) is 84.3 cm³/mol. The highest BCUT2D eigenvalue weighted by atomic mass is 16.6. The fraction of sp³-hybridized carbons (Fsp3) is 0.471.